The van der Waals surface area contributed by atoms with E-state index in [2.05, 4.69) is 5.32 Å². The number of hydrogen-bond acceptors (Lipinski definition) is 4. The van der Waals surface area contributed by atoms with E-state index < -0.39 is 22.8 Å². The van der Waals surface area contributed by atoms with Crippen molar-refractivity contribution in [2.45, 2.75) is 19.4 Å². The minimum atomic E-state index is -0.608. The van der Waals surface area contributed by atoms with Gasteiger partial charge in [0.05, 0.1) is 15.5 Å². The number of primary amides is 1. The first-order chi connectivity index (χ1) is 8.81. The molecule has 19 heavy (non-hydrogen) atoms. The van der Waals surface area contributed by atoms with Crippen LogP contribution in [0.3, 0.4) is 0 Å². The van der Waals surface area contributed by atoms with Gasteiger partial charge in [-0.15, -0.1) is 0 Å². The van der Waals surface area contributed by atoms with Crippen molar-refractivity contribution in [3.8, 4) is 0 Å². The van der Waals surface area contributed by atoms with Gasteiger partial charge >= 0.3 is 0 Å². The summed E-state index contributed by atoms with van der Waals surface area (Å²) in [6.07, 6.45) is -0.00363. The molecule has 1 aromatic carbocycles. The van der Waals surface area contributed by atoms with Crippen LogP contribution in [-0.2, 0) is 4.79 Å². The van der Waals surface area contributed by atoms with E-state index in [1.54, 1.807) is 6.92 Å². The number of amides is 2. The second-order valence-corrected chi connectivity index (χ2v) is 4.37. The first kappa shape index (κ1) is 14.9. The fourth-order valence-electron chi connectivity index (χ4n) is 1.46. The minimum absolute atomic E-state index is 0.00363. The average molecular weight is 286 g/mol. The number of rotatable bonds is 5. The third kappa shape index (κ3) is 4.22. The van der Waals surface area contributed by atoms with Crippen LogP contribution >= 0.6 is 11.6 Å². The molecule has 0 aromatic heterocycles. The highest BCUT2D eigenvalue weighted by Crippen LogP contribution is 2.22. The predicted octanol–water partition coefficient (Wildman–Crippen LogP) is 1.24. The number of hydrogen-bond donors (Lipinski definition) is 2. The average Bonchev–Trinajstić information content (AvgIpc) is 2.26. The van der Waals surface area contributed by atoms with Crippen LogP contribution < -0.4 is 11.1 Å². The van der Waals surface area contributed by atoms with Crippen LogP contribution in [-0.4, -0.2) is 22.8 Å². The van der Waals surface area contributed by atoms with Crippen molar-refractivity contribution < 1.29 is 14.5 Å². The fraction of sp³-hybridized carbons (Fsp3) is 0.273. The fourth-order valence-corrected chi connectivity index (χ4v) is 1.72. The van der Waals surface area contributed by atoms with E-state index in [-0.39, 0.29) is 22.7 Å². The molecule has 0 aliphatic carbocycles. The maximum atomic E-state index is 11.8. The topological polar surface area (TPSA) is 115 Å². The first-order valence-corrected chi connectivity index (χ1v) is 5.72. The molecule has 1 atom stereocenters. The van der Waals surface area contributed by atoms with Crippen LogP contribution in [0.2, 0.25) is 5.02 Å². The van der Waals surface area contributed by atoms with E-state index in [1.165, 1.54) is 12.1 Å². The van der Waals surface area contributed by atoms with Crippen LogP contribution in [0.5, 0.6) is 0 Å². The van der Waals surface area contributed by atoms with Crippen LogP contribution in [0, 0.1) is 10.1 Å². The predicted molar refractivity (Wildman–Crippen MR) is 68.8 cm³/mol. The number of benzene rings is 1. The summed E-state index contributed by atoms with van der Waals surface area (Å²) in [6.45, 7) is 1.61. The molecule has 0 heterocycles. The highest BCUT2D eigenvalue weighted by Gasteiger charge is 2.17. The van der Waals surface area contributed by atoms with Gasteiger partial charge in [-0.2, -0.15) is 0 Å². The van der Waals surface area contributed by atoms with Gasteiger partial charge in [-0.3, -0.25) is 19.7 Å². The van der Waals surface area contributed by atoms with E-state index in [0.29, 0.717) is 0 Å². The third-order valence-electron chi connectivity index (χ3n) is 2.29. The van der Waals surface area contributed by atoms with E-state index in [9.17, 15) is 19.7 Å². The summed E-state index contributed by atoms with van der Waals surface area (Å²) in [7, 11) is 0. The normalized spacial score (nSPS) is 11.7. The summed E-state index contributed by atoms with van der Waals surface area (Å²) in [5.41, 5.74) is 4.90. The first-order valence-electron chi connectivity index (χ1n) is 5.34. The molecule has 0 aliphatic heterocycles. The highest BCUT2D eigenvalue weighted by molar-refractivity contribution is 6.34. The zero-order valence-corrected chi connectivity index (χ0v) is 10.8. The van der Waals surface area contributed by atoms with Gasteiger partial charge in [-0.1, -0.05) is 11.6 Å². The van der Waals surface area contributed by atoms with Crippen LogP contribution in [0.25, 0.3) is 0 Å². The van der Waals surface area contributed by atoms with E-state index in [1.807, 2.05) is 0 Å². The van der Waals surface area contributed by atoms with Crippen molar-refractivity contribution >= 4 is 29.1 Å². The Morgan fingerprint density at radius 1 is 1.53 bits per heavy atom. The van der Waals surface area contributed by atoms with Crippen molar-refractivity contribution in [2.75, 3.05) is 0 Å². The second-order valence-electron chi connectivity index (χ2n) is 3.97. The lowest BCUT2D eigenvalue weighted by molar-refractivity contribution is -0.384. The largest absolute Gasteiger partial charge is 0.370 e. The molecule has 2 amide bonds. The molecule has 7 nitrogen and oxygen atoms in total. The number of nitrogens with one attached hydrogen (secondary N) is 1. The molecule has 1 unspecified atom stereocenters. The number of carbonyl (C=O) groups excluding carboxylic acids is 2. The monoisotopic (exact) mass is 285 g/mol. The molecule has 1 rings (SSSR count). The summed E-state index contributed by atoms with van der Waals surface area (Å²) < 4.78 is 0. The summed E-state index contributed by atoms with van der Waals surface area (Å²) in [6, 6.07) is 3.08. The van der Waals surface area contributed by atoms with Crippen molar-refractivity contribution in [3.05, 3.63) is 38.9 Å². The number of halogens is 1. The quantitative estimate of drug-likeness (QED) is 0.625. The number of nitro benzene ring substituents is 1. The van der Waals surface area contributed by atoms with Crippen LogP contribution in [0.15, 0.2) is 18.2 Å². The van der Waals surface area contributed by atoms with Crippen LogP contribution in [0.4, 0.5) is 5.69 Å². The lowest BCUT2D eigenvalue weighted by Crippen LogP contribution is -2.35. The lowest BCUT2D eigenvalue weighted by Gasteiger charge is -2.12. The Hall–Kier alpha value is -2.15. The van der Waals surface area contributed by atoms with Gasteiger partial charge in [0.15, 0.2) is 0 Å². The lowest BCUT2D eigenvalue weighted by atomic mass is 10.1. The Bertz CT molecular complexity index is 533. The SMILES string of the molecule is CC(CC(N)=O)NC(=O)c1ccc([N+](=O)[O-])cc1Cl. The molecule has 0 aliphatic rings. The van der Waals surface area contributed by atoms with Gasteiger partial charge in [0.1, 0.15) is 0 Å². The number of nitrogens with two attached hydrogens (primary N) is 1. The zero-order chi connectivity index (χ0) is 14.6. The molecule has 3 N–H and O–H groups in total. The molecule has 0 fully saturated rings. The smallest absolute Gasteiger partial charge is 0.270 e. The molecule has 1 aromatic rings. The summed E-state index contributed by atoms with van der Waals surface area (Å²) in [5, 5.41) is 13.0. The molecule has 8 heteroatoms. The van der Waals surface area contributed by atoms with Crippen molar-refractivity contribution in [3.63, 3.8) is 0 Å². The Balaban J connectivity index is 2.83. The molecule has 102 valence electrons. The van der Waals surface area contributed by atoms with E-state index in [4.69, 9.17) is 17.3 Å². The molecule has 0 radical (unpaired) electrons. The Kier molecular flexibility index (Phi) is 4.82. The highest BCUT2D eigenvalue weighted by atomic mass is 35.5. The molecule has 0 bridgehead atoms. The number of carbonyl (C=O) groups is 2. The van der Waals surface area contributed by atoms with Crippen molar-refractivity contribution in [2.24, 2.45) is 5.73 Å². The number of nitrogens with zero attached hydrogens (tertiary/aromatic N) is 1. The molecule has 0 saturated carbocycles. The molecular formula is C11H12ClN3O4. The van der Waals surface area contributed by atoms with Gasteiger partial charge in [-0.25, -0.2) is 0 Å². The maximum Gasteiger partial charge on any atom is 0.270 e. The Morgan fingerprint density at radius 3 is 2.63 bits per heavy atom. The summed E-state index contributed by atoms with van der Waals surface area (Å²) in [5.74, 6) is -1.06. The molecular weight excluding hydrogens is 274 g/mol. The molecule has 0 saturated heterocycles. The zero-order valence-electron chi connectivity index (χ0n) is 10.1. The minimum Gasteiger partial charge on any atom is -0.370 e. The van der Waals surface area contributed by atoms with Crippen molar-refractivity contribution in [1.29, 1.82) is 0 Å². The Labute approximate surface area is 113 Å². The Morgan fingerprint density at radius 2 is 2.16 bits per heavy atom. The maximum absolute atomic E-state index is 11.8. The number of nitro groups is 1. The van der Waals surface area contributed by atoms with Crippen molar-refractivity contribution in [1.82, 2.24) is 5.32 Å². The summed E-state index contributed by atoms with van der Waals surface area (Å²) >= 11 is 5.80. The summed E-state index contributed by atoms with van der Waals surface area (Å²) in [4.78, 5) is 32.4. The van der Waals surface area contributed by atoms with Gasteiger partial charge in [-0.05, 0) is 13.0 Å². The van der Waals surface area contributed by atoms with E-state index in [0.717, 1.165) is 6.07 Å². The van der Waals surface area contributed by atoms with Crippen LogP contribution in [0.1, 0.15) is 23.7 Å². The second kappa shape index (κ2) is 6.14. The standard InChI is InChI=1S/C11H12ClN3O4/c1-6(4-10(13)16)14-11(17)8-3-2-7(15(18)19)5-9(8)12/h2-3,5-6H,4H2,1H3,(H2,13,16)(H,14,17). The van der Waals surface area contributed by atoms with Gasteiger partial charge in [0.25, 0.3) is 11.6 Å². The van der Waals surface area contributed by atoms with Gasteiger partial charge in [0, 0.05) is 24.6 Å². The van der Waals surface area contributed by atoms with Gasteiger partial charge < -0.3 is 11.1 Å². The third-order valence-corrected chi connectivity index (χ3v) is 2.61. The molecule has 0 spiro atoms. The van der Waals surface area contributed by atoms with E-state index >= 15 is 0 Å². The number of non-ortho nitro benzene ring substituents is 1. The van der Waals surface area contributed by atoms with Gasteiger partial charge in [0.2, 0.25) is 5.91 Å².